The fourth-order valence-corrected chi connectivity index (χ4v) is 3.79. The highest BCUT2D eigenvalue weighted by Crippen LogP contribution is 2.32. The van der Waals surface area contributed by atoms with E-state index < -0.39 is 0 Å². The van der Waals surface area contributed by atoms with E-state index >= 15 is 0 Å². The van der Waals surface area contributed by atoms with E-state index in [9.17, 15) is 0 Å². The molecule has 0 bridgehead atoms. The van der Waals surface area contributed by atoms with Crippen molar-refractivity contribution in [3.63, 3.8) is 0 Å². The molecule has 1 fully saturated rings. The molecule has 3 rings (SSSR count). The van der Waals surface area contributed by atoms with Gasteiger partial charge in [-0.15, -0.1) is 11.3 Å². The van der Waals surface area contributed by atoms with Gasteiger partial charge in [0.2, 0.25) is 0 Å². The molecule has 0 spiro atoms. The maximum atomic E-state index is 8.80. The van der Waals surface area contributed by atoms with Crippen LogP contribution in [-0.4, -0.2) is 28.0 Å². The minimum absolute atomic E-state index is 0.360. The maximum absolute atomic E-state index is 8.80. The monoisotopic (exact) mass is 313 g/mol. The summed E-state index contributed by atoms with van der Waals surface area (Å²) in [4.78, 5) is 15.5. The Balaban J connectivity index is 1.74. The standard InChI is InChI=1S/C16H19N5S/c1-11(2)14-10-22-16(20-14)12-4-3-5-21(9-12)15-8-18-13(6-17)7-19-15/h7-8,10-12H,3-5,9H2,1-2H3. The molecule has 1 aliphatic heterocycles. The zero-order valence-corrected chi connectivity index (χ0v) is 13.7. The molecule has 1 atom stereocenters. The molecule has 0 aliphatic carbocycles. The summed E-state index contributed by atoms with van der Waals surface area (Å²) in [6, 6.07) is 2.00. The van der Waals surface area contributed by atoms with Gasteiger partial charge in [0.05, 0.1) is 23.1 Å². The Hall–Kier alpha value is -2.00. The lowest BCUT2D eigenvalue weighted by Crippen LogP contribution is -2.35. The van der Waals surface area contributed by atoms with Crippen LogP contribution < -0.4 is 4.90 Å². The first kappa shape index (κ1) is 14.9. The molecule has 6 heteroatoms. The van der Waals surface area contributed by atoms with Crippen molar-refractivity contribution in [1.82, 2.24) is 15.0 Å². The largest absolute Gasteiger partial charge is 0.355 e. The minimum atomic E-state index is 0.360. The second kappa shape index (κ2) is 6.41. The summed E-state index contributed by atoms with van der Waals surface area (Å²) in [5.74, 6) is 1.79. The molecule has 2 aromatic rings. The number of hydrogen-bond donors (Lipinski definition) is 0. The predicted molar refractivity (Wildman–Crippen MR) is 87.1 cm³/mol. The average molecular weight is 313 g/mol. The highest BCUT2D eigenvalue weighted by Gasteiger charge is 2.25. The van der Waals surface area contributed by atoms with Crippen molar-refractivity contribution < 1.29 is 0 Å². The first-order valence-corrected chi connectivity index (χ1v) is 8.47. The number of nitrogens with zero attached hydrogens (tertiary/aromatic N) is 5. The summed E-state index contributed by atoms with van der Waals surface area (Å²) in [6.45, 7) is 6.27. The zero-order chi connectivity index (χ0) is 15.5. The van der Waals surface area contributed by atoms with Crippen LogP contribution in [-0.2, 0) is 0 Å². The molecular formula is C16H19N5S. The summed E-state index contributed by atoms with van der Waals surface area (Å²) >= 11 is 1.77. The molecule has 0 saturated carbocycles. The van der Waals surface area contributed by atoms with Crippen molar-refractivity contribution in [3.8, 4) is 6.07 Å². The Morgan fingerprint density at radius 3 is 2.86 bits per heavy atom. The Kier molecular flexibility index (Phi) is 4.34. The van der Waals surface area contributed by atoms with Crippen LogP contribution in [0.5, 0.6) is 0 Å². The average Bonchev–Trinajstić information content (AvgIpc) is 3.05. The number of rotatable bonds is 3. The number of thiazole rings is 1. The fraction of sp³-hybridized carbons (Fsp3) is 0.500. The van der Waals surface area contributed by atoms with Crippen LogP contribution in [0.3, 0.4) is 0 Å². The third-order valence-corrected chi connectivity index (χ3v) is 5.00. The quantitative estimate of drug-likeness (QED) is 0.869. The number of nitriles is 1. The summed E-state index contributed by atoms with van der Waals surface area (Å²) < 4.78 is 0. The molecule has 5 nitrogen and oxygen atoms in total. The molecule has 22 heavy (non-hydrogen) atoms. The molecule has 0 N–H and O–H groups in total. The van der Waals surface area contributed by atoms with E-state index in [1.54, 1.807) is 23.7 Å². The van der Waals surface area contributed by atoms with Crippen molar-refractivity contribution in [2.75, 3.05) is 18.0 Å². The van der Waals surface area contributed by atoms with E-state index in [2.05, 4.69) is 34.1 Å². The second-order valence-electron chi connectivity index (χ2n) is 5.92. The van der Waals surface area contributed by atoms with Crippen molar-refractivity contribution in [2.24, 2.45) is 0 Å². The van der Waals surface area contributed by atoms with Crippen molar-refractivity contribution in [2.45, 2.75) is 38.5 Å². The summed E-state index contributed by atoms with van der Waals surface area (Å²) in [5, 5.41) is 12.2. The lowest BCUT2D eigenvalue weighted by atomic mass is 9.98. The van der Waals surface area contributed by atoms with E-state index in [1.165, 1.54) is 17.1 Å². The highest BCUT2D eigenvalue weighted by atomic mass is 32.1. The van der Waals surface area contributed by atoms with Gasteiger partial charge in [-0.2, -0.15) is 5.26 Å². The lowest BCUT2D eigenvalue weighted by molar-refractivity contribution is 0.504. The lowest BCUT2D eigenvalue weighted by Gasteiger charge is -2.32. The molecule has 0 radical (unpaired) electrons. The Morgan fingerprint density at radius 1 is 1.36 bits per heavy atom. The summed E-state index contributed by atoms with van der Waals surface area (Å²) in [7, 11) is 0. The highest BCUT2D eigenvalue weighted by molar-refractivity contribution is 7.09. The summed E-state index contributed by atoms with van der Waals surface area (Å²) in [5.41, 5.74) is 1.55. The Labute approximate surface area is 134 Å². The summed E-state index contributed by atoms with van der Waals surface area (Å²) in [6.07, 6.45) is 5.54. The molecule has 3 heterocycles. The first-order chi connectivity index (χ1) is 10.7. The Morgan fingerprint density at radius 2 is 2.23 bits per heavy atom. The van der Waals surface area contributed by atoms with E-state index in [4.69, 9.17) is 10.2 Å². The van der Waals surface area contributed by atoms with Crippen LogP contribution in [0, 0.1) is 11.3 Å². The van der Waals surface area contributed by atoms with Crippen LogP contribution in [0.1, 0.15) is 54.9 Å². The smallest absolute Gasteiger partial charge is 0.158 e. The second-order valence-corrected chi connectivity index (χ2v) is 6.81. The number of anilines is 1. The van der Waals surface area contributed by atoms with Crippen LogP contribution in [0.15, 0.2) is 17.8 Å². The molecule has 114 valence electrons. The molecule has 0 amide bonds. The zero-order valence-electron chi connectivity index (χ0n) is 12.9. The van der Waals surface area contributed by atoms with Gasteiger partial charge in [-0.1, -0.05) is 13.8 Å². The third-order valence-electron chi connectivity index (χ3n) is 3.98. The minimum Gasteiger partial charge on any atom is -0.355 e. The first-order valence-electron chi connectivity index (χ1n) is 7.59. The van der Waals surface area contributed by atoms with Gasteiger partial charge in [-0.25, -0.2) is 15.0 Å². The van der Waals surface area contributed by atoms with Gasteiger partial charge in [0.25, 0.3) is 0 Å². The number of piperidine rings is 1. The number of hydrogen-bond acceptors (Lipinski definition) is 6. The van der Waals surface area contributed by atoms with E-state index in [-0.39, 0.29) is 0 Å². The molecule has 1 unspecified atom stereocenters. The van der Waals surface area contributed by atoms with Crippen molar-refractivity contribution >= 4 is 17.2 Å². The molecule has 1 saturated heterocycles. The molecule has 1 aliphatic rings. The molecular weight excluding hydrogens is 294 g/mol. The Bertz CT molecular complexity index is 671. The van der Waals surface area contributed by atoms with Gasteiger partial charge in [-0.3, -0.25) is 0 Å². The van der Waals surface area contributed by atoms with Crippen LogP contribution in [0.4, 0.5) is 5.82 Å². The van der Waals surface area contributed by atoms with Gasteiger partial charge in [0, 0.05) is 24.4 Å². The fourth-order valence-electron chi connectivity index (χ4n) is 2.68. The molecule has 2 aromatic heterocycles. The van der Waals surface area contributed by atoms with Gasteiger partial charge in [0.1, 0.15) is 11.9 Å². The van der Waals surface area contributed by atoms with Crippen molar-refractivity contribution in [1.29, 1.82) is 5.26 Å². The number of aromatic nitrogens is 3. The van der Waals surface area contributed by atoms with E-state index in [1.807, 2.05) is 6.07 Å². The third kappa shape index (κ3) is 3.09. The van der Waals surface area contributed by atoms with Gasteiger partial charge in [-0.05, 0) is 18.8 Å². The van der Waals surface area contributed by atoms with Crippen LogP contribution >= 0.6 is 11.3 Å². The normalized spacial score (nSPS) is 18.5. The van der Waals surface area contributed by atoms with Crippen molar-refractivity contribution in [3.05, 3.63) is 34.2 Å². The van der Waals surface area contributed by atoms with E-state index in [0.717, 1.165) is 25.3 Å². The SMILES string of the molecule is CC(C)c1csc(C2CCCN(c3cnc(C#N)cn3)C2)n1. The predicted octanol–water partition coefficient (Wildman–Crippen LogP) is 3.31. The topological polar surface area (TPSA) is 65.7 Å². The van der Waals surface area contributed by atoms with Crippen LogP contribution in [0.2, 0.25) is 0 Å². The van der Waals surface area contributed by atoms with Gasteiger partial charge in [0.15, 0.2) is 5.69 Å². The molecule has 0 aromatic carbocycles. The van der Waals surface area contributed by atoms with Gasteiger partial charge < -0.3 is 4.90 Å². The van der Waals surface area contributed by atoms with Crippen LogP contribution in [0.25, 0.3) is 0 Å². The van der Waals surface area contributed by atoms with Gasteiger partial charge >= 0.3 is 0 Å². The van der Waals surface area contributed by atoms with E-state index in [0.29, 0.717) is 17.5 Å². The maximum Gasteiger partial charge on any atom is 0.158 e.